The summed E-state index contributed by atoms with van der Waals surface area (Å²) in [6.07, 6.45) is 4.14. The second-order valence-electron chi connectivity index (χ2n) is 5.50. The topological polar surface area (TPSA) is 41.8 Å². The van der Waals surface area contributed by atoms with Crippen LogP contribution in [0.1, 0.15) is 29.2 Å². The predicted molar refractivity (Wildman–Crippen MR) is 96.3 cm³/mol. The SMILES string of the molecule is C=CCc1cc(C=Nc2cc(C)ccc2C)cc(OCC)c1O. The Hall–Kier alpha value is -2.55. The van der Waals surface area contributed by atoms with Crippen LogP contribution in [0.4, 0.5) is 5.69 Å². The fourth-order valence-electron chi connectivity index (χ4n) is 2.34. The number of hydrogen-bond donors (Lipinski definition) is 1. The quantitative estimate of drug-likeness (QED) is 0.610. The van der Waals surface area contributed by atoms with Crippen molar-refractivity contribution in [3.63, 3.8) is 0 Å². The van der Waals surface area contributed by atoms with Crippen LogP contribution >= 0.6 is 0 Å². The lowest BCUT2D eigenvalue weighted by Gasteiger charge is -2.11. The lowest BCUT2D eigenvalue weighted by Crippen LogP contribution is -1.96. The van der Waals surface area contributed by atoms with Gasteiger partial charge in [-0.1, -0.05) is 18.2 Å². The van der Waals surface area contributed by atoms with Gasteiger partial charge in [-0.25, -0.2) is 0 Å². The monoisotopic (exact) mass is 309 g/mol. The second-order valence-corrected chi connectivity index (χ2v) is 5.50. The molecule has 0 spiro atoms. The molecule has 120 valence electrons. The Morgan fingerprint density at radius 2 is 2.00 bits per heavy atom. The summed E-state index contributed by atoms with van der Waals surface area (Å²) < 4.78 is 5.51. The van der Waals surface area contributed by atoms with Gasteiger partial charge in [0.2, 0.25) is 0 Å². The van der Waals surface area contributed by atoms with Gasteiger partial charge >= 0.3 is 0 Å². The summed E-state index contributed by atoms with van der Waals surface area (Å²) >= 11 is 0. The first-order valence-electron chi connectivity index (χ1n) is 7.76. The van der Waals surface area contributed by atoms with Crippen LogP contribution in [-0.2, 0) is 6.42 Å². The zero-order chi connectivity index (χ0) is 16.8. The lowest BCUT2D eigenvalue weighted by molar-refractivity contribution is 0.317. The summed E-state index contributed by atoms with van der Waals surface area (Å²) in [4.78, 5) is 4.58. The van der Waals surface area contributed by atoms with E-state index in [1.165, 1.54) is 5.56 Å². The minimum atomic E-state index is 0.177. The molecule has 0 fully saturated rings. The molecular weight excluding hydrogens is 286 g/mol. The molecule has 3 nitrogen and oxygen atoms in total. The van der Waals surface area contributed by atoms with Gasteiger partial charge in [-0.05, 0) is 62.1 Å². The summed E-state index contributed by atoms with van der Waals surface area (Å²) in [6, 6.07) is 9.91. The van der Waals surface area contributed by atoms with E-state index >= 15 is 0 Å². The molecule has 0 amide bonds. The van der Waals surface area contributed by atoms with E-state index in [1.807, 2.05) is 26.8 Å². The highest BCUT2D eigenvalue weighted by atomic mass is 16.5. The highest BCUT2D eigenvalue weighted by Crippen LogP contribution is 2.32. The Labute approximate surface area is 138 Å². The fraction of sp³-hybridized carbons (Fsp3) is 0.250. The fourth-order valence-corrected chi connectivity index (χ4v) is 2.34. The van der Waals surface area contributed by atoms with Gasteiger partial charge in [0, 0.05) is 11.8 Å². The summed E-state index contributed by atoms with van der Waals surface area (Å²) in [5.41, 5.74) is 4.93. The summed E-state index contributed by atoms with van der Waals surface area (Å²) in [5, 5.41) is 10.2. The molecule has 0 bridgehead atoms. The molecule has 0 saturated heterocycles. The van der Waals surface area contributed by atoms with Crippen molar-refractivity contribution < 1.29 is 9.84 Å². The van der Waals surface area contributed by atoms with E-state index < -0.39 is 0 Å². The molecular formula is C20H23NO2. The van der Waals surface area contributed by atoms with E-state index in [-0.39, 0.29) is 5.75 Å². The highest BCUT2D eigenvalue weighted by molar-refractivity contribution is 5.84. The molecule has 0 atom stereocenters. The molecule has 0 saturated carbocycles. The normalized spacial score (nSPS) is 10.9. The van der Waals surface area contributed by atoms with Crippen LogP contribution in [0.2, 0.25) is 0 Å². The van der Waals surface area contributed by atoms with Gasteiger partial charge < -0.3 is 9.84 Å². The summed E-state index contributed by atoms with van der Waals surface area (Å²) in [6.45, 7) is 10.2. The number of nitrogens with zero attached hydrogens (tertiary/aromatic N) is 1. The minimum absolute atomic E-state index is 0.177. The first kappa shape index (κ1) is 16.8. The van der Waals surface area contributed by atoms with Crippen molar-refractivity contribution >= 4 is 11.9 Å². The maximum atomic E-state index is 10.2. The number of aliphatic imine (C=N–C) groups is 1. The number of aryl methyl sites for hydroxylation is 2. The number of phenols is 1. The first-order chi connectivity index (χ1) is 11.0. The molecule has 1 N–H and O–H groups in total. The summed E-state index contributed by atoms with van der Waals surface area (Å²) in [7, 11) is 0. The van der Waals surface area contributed by atoms with Crippen LogP contribution in [0.3, 0.4) is 0 Å². The number of phenolic OH excluding ortho intramolecular Hbond substituents is 1. The van der Waals surface area contributed by atoms with Gasteiger partial charge in [0.1, 0.15) is 0 Å². The molecule has 0 heterocycles. The number of hydrogen-bond acceptors (Lipinski definition) is 3. The molecule has 2 aromatic rings. The molecule has 0 radical (unpaired) electrons. The van der Waals surface area contributed by atoms with Gasteiger partial charge in [0.15, 0.2) is 11.5 Å². The van der Waals surface area contributed by atoms with Crippen molar-refractivity contribution in [3.8, 4) is 11.5 Å². The Kier molecular flexibility index (Phi) is 5.58. The third kappa shape index (κ3) is 4.22. The first-order valence-corrected chi connectivity index (χ1v) is 7.76. The standard InChI is InChI=1S/C20H23NO2/c1-5-7-17-11-16(12-19(20(17)22)23-6-2)13-21-18-10-14(3)8-9-15(18)4/h5,8-13,22H,1,6-7H2,2-4H3. The van der Waals surface area contributed by atoms with Gasteiger partial charge in [0.25, 0.3) is 0 Å². The van der Waals surface area contributed by atoms with Crippen molar-refractivity contribution in [3.05, 3.63) is 65.2 Å². The molecule has 2 aromatic carbocycles. The van der Waals surface area contributed by atoms with Crippen LogP contribution in [0.25, 0.3) is 0 Å². The number of aromatic hydroxyl groups is 1. The maximum absolute atomic E-state index is 10.2. The van der Waals surface area contributed by atoms with Crippen molar-refractivity contribution in [2.24, 2.45) is 4.99 Å². The number of benzene rings is 2. The van der Waals surface area contributed by atoms with Gasteiger partial charge in [-0.2, -0.15) is 0 Å². The lowest BCUT2D eigenvalue weighted by atomic mass is 10.1. The Bertz CT molecular complexity index is 733. The van der Waals surface area contributed by atoms with E-state index in [0.29, 0.717) is 18.8 Å². The highest BCUT2D eigenvalue weighted by Gasteiger charge is 2.09. The third-order valence-corrected chi connectivity index (χ3v) is 3.56. The smallest absolute Gasteiger partial charge is 0.161 e. The van der Waals surface area contributed by atoms with E-state index in [9.17, 15) is 5.11 Å². The Morgan fingerprint density at radius 3 is 2.70 bits per heavy atom. The van der Waals surface area contributed by atoms with Crippen LogP contribution in [-0.4, -0.2) is 17.9 Å². The molecule has 2 rings (SSSR count). The zero-order valence-corrected chi connectivity index (χ0v) is 14.0. The molecule has 0 aliphatic carbocycles. The average molecular weight is 309 g/mol. The van der Waals surface area contributed by atoms with Gasteiger partial charge in [0.05, 0.1) is 12.3 Å². The second kappa shape index (κ2) is 7.63. The largest absolute Gasteiger partial charge is 0.504 e. The molecule has 0 unspecified atom stereocenters. The van der Waals surface area contributed by atoms with Crippen LogP contribution < -0.4 is 4.74 Å². The Balaban J connectivity index is 2.40. The van der Waals surface area contributed by atoms with E-state index in [1.54, 1.807) is 18.4 Å². The van der Waals surface area contributed by atoms with Crippen molar-refractivity contribution in [2.75, 3.05) is 6.61 Å². The maximum Gasteiger partial charge on any atom is 0.161 e. The van der Waals surface area contributed by atoms with Crippen molar-refractivity contribution in [1.29, 1.82) is 0 Å². The van der Waals surface area contributed by atoms with Gasteiger partial charge in [-0.3, -0.25) is 4.99 Å². The van der Waals surface area contributed by atoms with E-state index in [0.717, 1.165) is 22.4 Å². The predicted octanol–water partition coefficient (Wildman–Crippen LogP) is 4.89. The molecule has 3 heteroatoms. The van der Waals surface area contributed by atoms with Crippen LogP contribution in [0, 0.1) is 13.8 Å². The van der Waals surface area contributed by atoms with Crippen LogP contribution in [0.15, 0.2) is 48.0 Å². The zero-order valence-electron chi connectivity index (χ0n) is 14.0. The average Bonchev–Trinajstić information content (AvgIpc) is 2.53. The molecule has 23 heavy (non-hydrogen) atoms. The number of ether oxygens (including phenoxy) is 1. The van der Waals surface area contributed by atoms with Crippen molar-refractivity contribution in [1.82, 2.24) is 0 Å². The van der Waals surface area contributed by atoms with E-state index in [4.69, 9.17) is 4.74 Å². The Morgan fingerprint density at radius 1 is 1.22 bits per heavy atom. The molecule has 0 aliphatic rings. The minimum Gasteiger partial charge on any atom is -0.504 e. The number of allylic oxidation sites excluding steroid dienone is 1. The van der Waals surface area contributed by atoms with Crippen LogP contribution in [0.5, 0.6) is 11.5 Å². The van der Waals surface area contributed by atoms with E-state index in [2.05, 4.69) is 29.8 Å². The third-order valence-electron chi connectivity index (χ3n) is 3.56. The number of rotatable bonds is 6. The summed E-state index contributed by atoms with van der Waals surface area (Å²) in [5.74, 6) is 0.657. The molecule has 0 aliphatic heterocycles. The van der Waals surface area contributed by atoms with Crippen molar-refractivity contribution in [2.45, 2.75) is 27.2 Å². The van der Waals surface area contributed by atoms with Gasteiger partial charge in [-0.15, -0.1) is 6.58 Å². The molecule has 0 aromatic heterocycles.